The average molecular weight is 482 g/mol. The molecule has 6 heteroatoms. The van der Waals surface area contributed by atoms with Crippen LogP contribution in [0.1, 0.15) is 27.8 Å². The van der Waals surface area contributed by atoms with Gasteiger partial charge < -0.3 is 5.32 Å². The van der Waals surface area contributed by atoms with Crippen molar-refractivity contribution in [3.05, 3.63) is 105 Å². The Bertz CT molecular complexity index is 1350. The number of hydrogen-bond donors (Lipinski definition) is 1. The smallest absolute Gasteiger partial charge is 0.269 e. The van der Waals surface area contributed by atoms with E-state index in [0.29, 0.717) is 22.8 Å². The molecule has 1 heterocycles. The molecule has 0 saturated carbocycles. The fourth-order valence-corrected chi connectivity index (χ4v) is 5.16. The minimum absolute atomic E-state index is 0.0754. The van der Waals surface area contributed by atoms with E-state index in [1.165, 1.54) is 16.7 Å². The number of rotatable bonds is 5. The van der Waals surface area contributed by atoms with Gasteiger partial charge in [-0.1, -0.05) is 65.4 Å². The van der Waals surface area contributed by atoms with Crippen LogP contribution in [0.5, 0.6) is 0 Å². The maximum Gasteiger partial charge on any atom is 0.269 e. The number of amides is 2. The summed E-state index contributed by atoms with van der Waals surface area (Å²) in [6.07, 6.45) is 0.507. The zero-order valence-electron chi connectivity index (χ0n) is 20.3. The number of thioether (sulfide) groups is 1. The zero-order chi connectivity index (χ0) is 25.1. The Hall–Kier alpha value is -3.82. The number of nitriles is 1. The molecule has 1 fully saturated rings. The van der Waals surface area contributed by atoms with E-state index in [0.717, 1.165) is 27.8 Å². The number of carbonyl (C=O) groups excluding carboxylic acids is 2. The van der Waals surface area contributed by atoms with Crippen molar-refractivity contribution in [1.82, 2.24) is 0 Å². The molecule has 1 N–H and O–H groups in total. The lowest BCUT2D eigenvalue weighted by Gasteiger charge is -2.20. The number of benzene rings is 3. The van der Waals surface area contributed by atoms with Crippen molar-refractivity contribution in [3.8, 4) is 6.07 Å². The van der Waals surface area contributed by atoms with Gasteiger partial charge in [0.25, 0.3) is 5.91 Å². The van der Waals surface area contributed by atoms with E-state index >= 15 is 0 Å². The summed E-state index contributed by atoms with van der Waals surface area (Å²) in [4.78, 5) is 28.4. The highest BCUT2D eigenvalue weighted by atomic mass is 32.2. The Morgan fingerprint density at radius 2 is 1.57 bits per heavy atom. The monoisotopic (exact) mass is 481 g/mol. The summed E-state index contributed by atoms with van der Waals surface area (Å²) in [5.74, 6) is -0.666. The molecule has 1 saturated heterocycles. The molecule has 5 nitrogen and oxygen atoms in total. The summed E-state index contributed by atoms with van der Waals surface area (Å²) in [5, 5.41) is 12.7. The number of anilines is 2. The van der Waals surface area contributed by atoms with Crippen LogP contribution in [0.3, 0.4) is 0 Å². The highest BCUT2D eigenvalue weighted by molar-refractivity contribution is 8.05. The third-order valence-electron chi connectivity index (χ3n) is 6.11. The predicted molar refractivity (Wildman–Crippen MR) is 142 cm³/mol. The molecule has 0 aliphatic carbocycles. The van der Waals surface area contributed by atoms with E-state index in [1.54, 1.807) is 12.1 Å². The lowest BCUT2D eigenvalue weighted by Crippen LogP contribution is -2.31. The Labute approximate surface area is 210 Å². The molecule has 1 atom stereocenters. The second kappa shape index (κ2) is 10.2. The predicted octanol–water partition coefficient (Wildman–Crippen LogP) is 5.99. The van der Waals surface area contributed by atoms with Crippen molar-refractivity contribution in [2.45, 2.75) is 39.4 Å². The molecule has 0 radical (unpaired) electrons. The Morgan fingerprint density at radius 1 is 0.943 bits per heavy atom. The van der Waals surface area contributed by atoms with Crippen molar-refractivity contribution in [3.63, 3.8) is 0 Å². The van der Waals surface area contributed by atoms with Gasteiger partial charge in [0, 0.05) is 11.4 Å². The Balaban J connectivity index is 1.74. The van der Waals surface area contributed by atoms with E-state index in [2.05, 4.69) is 11.4 Å². The molecule has 4 rings (SSSR count). The van der Waals surface area contributed by atoms with E-state index in [1.807, 2.05) is 82.3 Å². The van der Waals surface area contributed by atoms with Crippen molar-refractivity contribution >= 4 is 35.0 Å². The molecule has 0 spiro atoms. The van der Waals surface area contributed by atoms with Crippen LogP contribution in [0, 0.1) is 39.0 Å². The maximum atomic E-state index is 13.7. The van der Waals surface area contributed by atoms with E-state index in [9.17, 15) is 14.9 Å². The van der Waals surface area contributed by atoms with Gasteiger partial charge in [0.1, 0.15) is 16.7 Å². The second-order valence-electron chi connectivity index (χ2n) is 8.85. The summed E-state index contributed by atoms with van der Waals surface area (Å²) in [7, 11) is 0. The van der Waals surface area contributed by atoms with Gasteiger partial charge >= 0.3 is 0 Å². The SMILES string of the molecule is Cc1ccc(CC2S/C(=C(/C#N)C(=O)Nc3ccc(C)cc3)N(c3ccc(C)c(C)c3)C2=O)cc1. The molecule has 0 bridgehead atoms. The van der Waals surface area contributed by atoms with Gasteiger partial charge in [-0.25, -0.2) is 0 Å². The van der Waals surface area contributed by atoms with Crippen molar-refractivity contribution in [1.29, 1.82) is 5.26 Å². The topological polar surface area (TPSA) is 73.2 Å². The molecule has 2 amide bonds. The van der Waals surface area contributed by atoms with E-state index in [-0.39, 0.29) is 11.5 Å². The van der Waals surface area contributed by atoms with Gasteiger partial charge in [-0.05, 0) is 75.1 Å². The van der Waals surface area contributed by atoms with Crippen LogP contribution in [0.15, 0.2) is 77.3 Å². The maximum absolute atomic E-state index is 13.7. The minimum Gasteiger partial charge on any atom is -0.321 e. The number of hydrogen-bond acceptors (Lipinski definition) is 4. The molecule has 1 aliphatic rings. The first-order chi connectivity index (χ1) is 16.8. The third-order valence-corrected chi connectivity index (χ3v) is 7.37. The Morgan fingerprint density at radius 3 is 2.17 bits per heavy atom. The highest BCUT2D eigenvalue weighted by Crippen LogP contribution is 2.42. The summed E-state index contributed by atoms with van der Waals surface area (Å²) in [5.41, 5.74) is 6.56. The van der Waals surface area contributed by atoms with Gasteiger partial charge in [0.05, 0.1) is 5.25 Å². The standard InChI is InChI=1S/C29H27N3O2S/c1-18-5-10-22(11-6-18)16-26-28(34)32(24-14-9-20(3)21(4)15-24)29(35-26)25(17-30)27(33)31-23-12-7-19(2)8-13-23/h5-15,26H,16H2,1-4H3,(H,31,33)/b29-25-. The summed E-state index contributed by atoms with van der Waals surface area (Å²) in [6, 6.07) is 23.2. The fourth-order valence-electron chi connectivity index (χ4n) is 3.86. The van der Waals surface area contributed by atoms with Crippen molar-refractivity contribution in [2.75, 3.05) is 10.2 Å². The second-order valence-corrected chi connectivity index (χ2v) is 10.0. The van der Waals surface area contributed by atoms with E-state index < -0.39 is 11.2 Å². The van der Waals surface area contributed by atoms with Crippen LogP contribution in [0.2, 0.25) is 0 Å². The average Bonchev–Trinajstić information content (AvgIpc) is 3.14. The molecule has 176 valence electrons. The largest absolute Gasteiger partial charge is 0.321 e. The van der Waals surface area contributed by atoms with Gasteiger partial charge in [-0.3, -0.25) is 14.5 Å². The molecule has 0 aromatic heterocycles. The molecular weight excluding hydrogens is 454 g/mol. The quantitative estimate of drug-likeness (QED) is 0.359. The molecule has 3 aromatic carbocycles. The summed E-state index contributed by atoms with van der Waals surface area (Å²) < 4.78 is 0. The molecular formula is C29H27N3O2S. The molecule has 3 aromatic rings. The summed E-state index contributed by atoms with van der Waals surface area (Å²) >= 11 is 1.28. The molecule has 1 aliphatic heterocycles. The third kappa shape index (κ3) is 5.31. The normalized spacial score (nSPS) is 16.7. The van der Waals surface area contributed by atoms with Crippen LogP contribution >= 0.6 is 11.8 Å². The van der Waals surface area contributed by atoms with E-state index in [4.69, 9.17) is 0 Å². The first-order valence-electron chi connectivity index (χ1n) is 11.4. The van der Waals surface area contributed by atoms with Crippen LogP contribution in [0.25, 0.3) is 0 Å². The lowest BCUT2D eigenvalue weighted by atomic mass is 10.1. The van der Waals surface area contributed by atoms with Gasteiger partial charge in [-0.15, -0.1) is 0 Å². The van der Waals surface area contributed by atoms with Crippen LogP contribution < -0.4 is 10.2 Å². The van der Waals surface area contributed by atoms with Gasteiger partial charge in [-0.2, -0.15) is 5.26 Å². The number of aryl methyl sites for hydroxylation is 4. The number of carbonyl (C=O) groups is 2. The van der Waals surface area contributed by atoms with Gasteiger partial charge in [0.2, 0.25) is 5.91 Å². The molecule has 1 unspecified atom stereocenters. The first kappa shape index (κ1) is 24.3. The Kier molecular flexibility index (Phi) is 7.09. The van der Waals surface area contributed by atoms with Gasteiger partial charge in [0.15, 0.2) is 0 Å². The minimum atomic E-state index is -0.531. The highest BCUT2D eigenvalue weighted by Gasteiger charge is 2.41. The van der Waals surface area contributed by atoms with Crippen LogP contribution in [-0.2, 0) is 16.0 Å². The molecule has 35 heavy (non-hydrogen) atoms. The van der Waals surface area contributed by atoms with Crippen molar-refractivity contribution in [2.24, 2.45) is 0 Å². The number of nitrogens with one attached hydrogen (secondary N) is 1. The number of nitrogens with zero attached hydrogens (tertiary/aromatic N) is 2. The first-order valence-corrected chi connectivity index (χ1v) is 12.3. The summed E-state index contributed by atoms with van der Waals surface area (Å²) in [6.45, 7) is 7.97. The zero-order valence-corrected chi connectivity index (χ0v) is 21.1. The lowest BCUT2D eigenvalue weighted by molar-refractivity contribution is -0.117. The van der Waals surface area contributed by atoms with Crippen LogP contribution in [-0.4, -0.2) is 17.1 Å². The van der Waals surface area contributed by atoms with Crippen LogP contribution in [0.4, 0.5) is 11.4 Å². The van der Waals surface area contributed by atoms with Crippen molar-refractivity contribution < 1.29 is 9.59 Å². The fraction of sp³-hybridized carbons (Fsp3) is 0.207.